The first-order chi connectivity index (χ1) is 9.99. The van der Waals surface area contributed by atoms with Crippen LogP contribution in [0.25, 0.3) is 0 Å². The van der Waals surface area contributed by atoms with Crippen LogP contribution in [-0.4, -0.2) is 22.0 Å². The average Bonchev–Trinajstić information content (AvgIpc) is 2.91. The summed E-state index contributed by atoms with van der Waals surface area (Å²) in [6.07, 6.45) is 1.50. The number of rotatable bonds is 5. The highest BCUT2D eigenvalue weighted by molar-refractivity contribution is 7.13. The van der Waals surface area contributed by atoms with Crippen molar-refractivity contribution < 1.29 is 14.7 Å². The number of amides is 1. The van der Waals surface area contributed by atoms with Crippen LogP contribution in [-0.2, 0) is 4.79 Å². The largest absolute Gasteiger partial charge is 0.481 e. The maximum Gasteiger partial charge on any atom is 0.308 e. The summed E-state index contributed by atoms with van der Waals surface area (Å²) in [4.78, 5) is 28.0. The average molecular weight is 304 g/mol. The molecule has 0 fully saturated rings. The van der Waals surface area contributed by atoms with Crippen LogP contribution in [0.3, 0.4) is 0 Å². The molecule has 6 heteroatoms. The zero-order valence-electron chi connectivity index (χ0n) is 11.7. The molecule has 5 nitrogen and oxygen atoms in total. The van der Waals surface area contributed by atoms with Gasteiger partial charge in [-0.2, -0.15) is 0 Å². The van der Waals surface area contributed by atoms with Crippen molar-refractivity contribution in [2.45, 2.75) is 19.9 Å². The second-order valence-corrected chi connectivity index (χ2v) is 5.97. The van der Waals surface area contributed by atoms with Gasteiger partial charge in [-0.3, -0.25) is 9.59 Å². The first kappa shape index (κ1) is 15.2. The minimum Gasteiger partial charge on any atom is -0.481 e. The van der Waals surface area contributed by atoms with Gasteiger partial charge in [0.25, 0.3) is 5.91 Å². The molecule has 1 amide bonds. The Balaban J connectivity index is 2.24. The summed E-state index contributed by atoms with van der Waals surface area (Å²) in [5, 5.41) is 12.8. The number of nitrogens with one attached hydrogen (secondary N) is 1. The van der Waals surface area contributed by atoms with Crippen LogP contribution in [0.5, 0.6) is 0 Å². The van der Waals surface area contributed by atoms with Crippen LogP contribution in [0.4, 0.5) is 0 Å². The molecule has 0 aliphatic rings. The van der Waals surface area contributed by atoms with Crippen molar-refractivity contribution in [2.24, 2.45) is 5.92 Å². The lowest BCUT2D eigenvalue weighted by Gasteiger charge is -2.22. The molecule has 0 radical (unpaired) electrons. The van der Waals surface area contributed by atoms with Crippen molar-refractivity contribution in [3.8, 4) is 0 Å². The molecule has 0 saturated heterocycles. The molecule has 0 bridgehead atoms. The first-order valence-corrected chi connectivity index (χ1v) is 7.31. The summed E-state index contributed by atoms with van der Waals surface area (Å²) in [5.74, 6) is -1.99. The molecule has 1 aromatic heterocycles. The van der Waals surface area contributed by atoms with Gasteiger partial charge in [0, 0.05) is 0 Å². The van der Waals surface area contributed by atoms with Crippen LogP contribution in [0.2, 0.25) is 0 Å². The summed E-state index contributed by atoms with van der Waals surface area (Å²) < 4.78 is 0. The summed E-state index contributed by atoms with van der Waals surface area (Å²) >= 11 is 1.28. The fraction of sp³-hybridized carbons (Fsp3) is 0.267. The summed E-state index contributed by atoms with van der Waals surface area (Å²) in [7, 11) is 0. The van der Waals surface area contributed by atoms with E-state index in [1.54, 1.807) is 6.92 Å². The molecule has 2 atom stereocenters. The molecule has 2 N–H and O–H groups in total. The van der Waals surface area contributed by atoms with Crippen LogP contribution < -0.4 is 5.32 Å². The molecule has 1 aromatic carbocycles. The summed E-state index contributed by atoms with van der Waals surface area (Å²) in [6, 6.07) is 8.52. The Hall–Kier alpha value is -2.21. The minimum absolute atomic E-state index is 0.303. The Kier molecular flexibility index (Phi) is 4.70. The normalized spacial score (nSPS) is 13.4. The van der Waals surface area contributed by atoms with Gasteiger partial charge in [-0.25, -0.2) is 4.98 Å². The van der Waals surface area contributed by atoms with Crippen molar-refractivity contribution >= 4 is 23.2 Å². The van der Waals surface area contributed by atoms with Crippen LogP contribution in [0.1, 0.15) is 33.2 Å². The minimum atomic E-state index is -0.954. The third kappa shape index (κ3) is 3.66. The Morgan fingerprint density at radius 1 is 1.29 bits per heavy atom. The van der Waals surface area contributed by atoms with Crippen molar-refractivity contribution in [3.05, 3.63) is 52.0 Å². The van der Waals surface area contributed by atoms with E-state index in [9.17, 15) is 14.7 Å². The topological polar surface area (TPSA) is 79.3 Å². The van der Waals surface area contributed by atoms with E-state index in [0.29, 0.717) is 4.88 Å². The molecular formula is C15H16N2O3S. The molecule has 2 unspecified atom stereocenters. The van der Waals surface area contributed by atoms with E-state index in [1.807, 2.05) is 37.3 Å². The maximum atomic E-state index is 12.2. The number of carbonyl (C=O) groups excluding carboxylic acids is 1. The summed E-state index contributed by atoms with van der Waals surface area (Å²) in [5.41, 5.74) is 0.766. The highest BCUT2D eigenvalue weighted by atomic mass is 32.1. The predicted molar refractivity (Wildman–Crippen MR) is 80.3 cm³/mol. The van der Waals surface area contributed by atoms with E-state index < -0.39 is 17.9 Å². The Labute approximate surface area is 126 Å². The van der Waals surface area contributed by atoms with Gasteiger partial charge in [-0.1, -0.05) is 30.3 Å². The number of aryl methyl sites for hydroxylation is 1. The second-order valence-electron chi connectivity index (χ2n) is 4.73. The molecule has 0 aliphatic carbocycles. The van der Waals surface area contributed by atoms with Gasteiger partial charge in [0.1, 0.15) is 4.88 Å². The van der Waals surface area contributed by atoms with Crippen molar-refractivity contribution in [1.29, 1.82) is 0 Å². The van der Waals surface area contributed by atoms with Crippen molar-refractivity contribution in [2.75, 3.05) is 0 Å². The Morgan fingerprint density at radius 3 is 2.48 bits per heavy atom. The van der Waals surface area contributed by atoms with Crippen molar-refractivity contribution in [3.63, 3.8) is 0 Å². The number of carboxylic acids is 1. The number of aliphatic carboxylic acids is 1. The number of carbonyl (C=O) groups is 2. The van der Waals surface area contributed by atoms with Gasteiger partial charge in [0.2, 0.25) is 0 Å². The van der Waals surface area contributed by atoms with E-state index in [4.69, 9.17) is 0 Å². The highest BCUT2D eigenvalue weighted by Crippen LogP contribution is 2.23. The smallest absolute Gasteiger partial charge is 0.308 e. The quantitative estimate of drug-likeness (QED) is 0.890. The molecule has 2 aromatic rings. The zero-order chi connectivity index (χ0) is 15.4. The molecule has 21 heavy (non-hydrogen) atoms. The SMILES string of the molecule is Cc1ncc(C(=O)NC(c2ccccc2)C(C)C(=O)O)s1. The van der Waals surface area contributed by atoms with Crippen LogP contribution in [0, 0.1) is 12.8 Å². The van der Waals surface area contributed by atoms with Gasteiger partial charge >= 0.3 is 5.97 Å². The van der Waals surface area contributed by atoms with E-state index in [-0.39, 0.29) is 5.91 Å². The lowest BCUT2D eigenvalue weighted by atomic mass is 9.94. The molecular weight excluding hydrogens is 288 g/mol. The number of nitrogens with zero attached hydrogens (tertiary/aromatic N) is 1. The summed E-state index contributed by atoms with van der Waals surface area (Å²) in [6.45, 7) is 3.40. The second kappa shape index (κ2) is 6.49. The monoisotopic (exact) mass is 304 g/mol. The van der Waals surface area contributed by atoms with Gasteiger partial charge in [0.15, 0.2) is 0 Å². The maximum absolute atomic E-state index is 12.2. The number of thiazole rings is 1. The van der Waals surface area contributed by atoms with Gasteiger partial charge < -0.3 is 10.4 Å². The molecule has 2 rings (SSSR count). The molecule has 0 aliphatic heterocycles. The Morgan fingerprint density at radius 2 is 1.95 bits per heavy atom. The molecule has 0 spiro atoms. The molecule has 0 saturated carbocycles. The van der Waals surface area contributed by atoms with Crippen molar-refractivity contribution in [1.82, 2.24) is 10.3 Å². The number of aromatic nitrogens is 1. The fourth-order valence-corrected chi connectivity index (χ4v) is 2.66. The number of hydrogen-bond donors (Lipinski definition) is 2. The van der Waals surface area contributed by atoms with Gasteiger partial charge in [-0.15, -0.1) is 11.3 Å². The van der Waals surface area contributed by atoms with E-state index in [0.717, 1.165) is 10.6 Å². The van der Waals surface area contributed by atoms with E-state index in [1.165, 1.54) is 17.5 Å². The Bertz CT molecular complexity index is 639. The number of benzene rings is 1. The van der Waals surface area contributed by atoms with Gasteiger partial charge in [-0.05, 0) is 19.4 Å². The van der Waals surface area contributed by atoms with E-state index >= 15 is 0 Å². The lowest BCUT2D eigenvalue weighted by molar-refractivity contribution is -0.142. The third-order valence-corrected chi connectivity index (χ3v) is 4.09. The number of hydrogen-bond acceptors (Lipinski definition) is 4. The zero-order valence-corrected chi connectivity index (χ0v) is 12.6. The molecule has 1 heterocycles. The highest BCUT2D eigenvalue weighted by Gasteiger charge is 2.27. The number of carboxylic acid groups (broad SMARTS) is 1. The first-order valence-electron chi connectivity index (χ1n) is 6.50. The van der Waals surface area contributed by atoms with E-state index in [2.05, 4.69) is 10.3 Å². The third-order valence-electron chi connectivity index (χ3n) is 3.18. The standard InChI is InChI=1S/C15H16N2O3S/c1-9(15(19)20)13(11-6-4-3-5-7-11)17-14(18)12-8-16-10(2)21-12/h3-9,13H,1-2H3,(H,17,18)(H,19,20). The predicted octanol–water partition coefficient (Wildman–Crippen LogP) is 2.64. The van der Waals surface area contributed by atoms with Gasteiger partial charge in [0.05, 0.1) is 23.2 Å². The lowest BCUT2D eigenvalue weighted by Crippen LogP contribution is -2.35. The molecule has 110 valence electrons. The fourth-order valence-electron chi connectivity index (χ4n) is 1.98. The van der Waals surface area contributed by atoms with Crippen LogP contribution >= 0.6 is 11.3 Å². The van der Waals surface area contributed by atoms with Crippen LogP contribution in [0.15, 0.2) is 36.5 Å².